The van der Waals surface area contributed by atoms with Crippen LogP contribution in [-0.2, 0) is 9.53 Å². The zero-order valence-corrected chi connectivity index (χ0v) is 12.1. The molecule has 1 aliphatic rings. The third-order valence-electron chi connectivity index (χ3n) is 3.10. The molecule has 98 valence electrons. The summed E-state index contributed by atoms with van der Waals surface area (Å²) in [6, 6.07) is 7.85. The Balaban J connectivity index is 1.97. The summed E-state index contributed by atoms with van der Waals surface area (Å²) in [5.41, 5.74) is 1.98. The second-order valence-corrected chi connectivity index (χ2v) is 5.96. The lowest BCUT2D eigenvalue weighted by atomic mass is 10.1. The van der Waals surface area contributed by atoms with Gasteiger partial charge in [0.2, 0.25) is 5.91 Å². The fraction of sp³-hybridized carbons (Fsp3) is 0.500. The second kappa shape index (κ2) is 6.34. The standard InChI is InChI=1S/C14H18BrNO2/c1-10(15)12-6-2-3-7-13(12)16-14(17)9-11-5-4-8-18-11/h2-3,6-7,10-11H,4-5,8-9H2,1H3,(H,16,17). The van der Waals surface area contributed by atoms with E-state index in [4.69, 9.17) is 4.74 Å². The molecule has 1 N–H and O–H groups in total. The van der Waals surface area contributed by atoms with Gasteiger partial charge in [0.15, 0.2) is 0 Å². The van der Waals surface area contributed by atoms with Crippen molar-refractivity contribution in [1.82, 2.24) is 0 Å². The second-order valence-electron chi connectivity index (χ2n) is 4.59. The Kier molecular flexibility index (Phi) is 4.78. The predicted molar refractivity (Wildman–Crippen MR) is 76.0 cm³/mol. The molecule has 0 aliphatic carbocycles. The monoisotopic (exact) mass is 311 g/mol. The van der Waals surface area contributed by atoms with Crippen molar-refractivity contribution in [3.63, 3.8) is 0 Å². The Morgan fingerprint density at radius 2 is 2.33 bits per heavy atom. The van der Waals surface area contributed by atoms with Crippen LogP contribution in [-0.4, -0.2) is 18.6 Å². The summed E-state index contributed by atoms with van der Waals surface area (Å²) in [4.78, 5) is 12.2. The molecular weight excluding hydrogens is 294 g/mol. The van der Waals surface area contributed by atoms with Crippen LogP contribution in [0.1, 0.15) is 36.6 Å². The van der Waals surface area contributed by atoms with Gasteiger partial charge >= 0.3 is 0 Å². The summed E-state index contributed by atoms with van der Waals surface area (Å²) >= 11 is 3.54. The Hall–Kier alpha value is -0.870. The van der Waals surface area contributed by atoms with E-state index in [1.807, 2.05) is 31.2 Å². The third kappa shape index (κ3) is 3.56. The molecule has 0 bridgehead atoms. The first-order chi connectivity index (χ1) is 8.66. The highest BCUT2D eigenvalue weighted by atomic mass is 79.9. The first kappa shape index (κ1) is 13.6. The van der Waals surface area contributed by atoms with Crippen LogP contribution in [0.5, 0.6) is 0 Å². The number of para-hydroxylation sites is 1. The number of rotatable bonds is 4. The number of carbonyl (C=O) groups excluding carboxylic acids is 1. The van der Waals surface area contributed by atoms with Gasteiger partial charge < -0.3 is 10.1 Å². The molecule has 0 saturated carbocycles. The van der Waals surface area contributed by atoms with Gasteiger partial charge in [-0.3, -0.25) is 4.79 Å². The first-order valence-electron chi connectivity index (χ1n) is 6.31. The molecule has 2 unspecified atom stereocenters. The minimum atomic E-state index is 0.0301. The van der Waals surface area contributed by atoms with Gasteiger partial charge in [0.25, 0.3) is 0 Å². The van der Waals surface area contributed by atoms with Crippen LogP contribution in [0.25, 0.3) is 0 Å². The molecule has 0 radical (unpaired) electrons. The van der Waals surface area contributed by atoms with Gasteiger partial charge in [-0.15, -0.1) is 0 Å². The van der Waals surface area contributed by atoms with E-state index in [2.05, 4.69) is 21.2 Å². The van der Waals surface area contributed by atoms with Crippen molar-refractivity contribution in [2.45, 2.75) is 37.1 Å². The van der Waals surface area contributed by atoms with E-state index in [0.717, 1.165) is 30.7 Å². The number of hydrogen-bond acceptors (Lipinski definition) is 2. The van der Waals surface area contributed by atoms with Gasteiger partial charge in [0, 0.05) is 17.1 Å². The Morgan fingerprint density at radius 1 is 1.56 bits per heavy atom. The molecular formula is C14H18BrNO2. The summed E-state index contributed by atoms with van der Waals surface area (Å²) in [5.74, 6) is 0.0301. The third-order valence-corrected chi connectivity index (χ3v) is 3.59. The van der Waals surface area contributed by atoms with Crippen LogP contribution in [0, 0.1) is 0 Å². The van der Waals surface area contributed by atoms with Crippen LogP contribution < -0.4 is 5.32 Å². The zero-order chi connectivity index (χ0) is 13.0. The number of carbonyl (C=O) groups is 1. The smallest absolute Gasteiger partial charge is 0.226 e. The van der Waals surface area contributed by atoms with Crippen LogP contribution >= 0.6 is 15.9 Å². The fourth-order valence-electron chi connectivity index (χ4n) is 2.17. The van der Waals surface area contributed by atoms with Gasteiger partial charge in [0.05, 0.1) is 12.5 Å². The normalized spacial score (nSPS) is 20.7. The number of benzene rings is 1. The lowest BCUT2D eigenvalue weighted by Gasteiger charge is -2.14. The predicted octanol–water partition coefficient (Wildman–Crippen LogP) is 3.65. The Labute approximate surface area is 116 Å². The largest absolute Gasteiger partial charge is 0.378 e. The van der Waals surface area contributed by atoms with E-state index in [1.165, 1.54) is 0 Å². The molecule has 0 spiro atoms. The van der Waals surface area contributed by atoms with Crippen LogP contribution in [0.15, 0.2) is 24.3 Å². The van der Waals surface area contributed by atoms with E-state index in [9.17, 15) is 4.79 Å². The van der Waals surface area contributed by atoms with E-state index in [-0.39, 0.29) is 16.8 Å². The average Bonchev–Trinajstić information content (AvgIpc) is 2.82. The molecule has 1 heterocycles. The minimum Gasteiger partial charge on any atom is -0.378 e. The number of alkyl halides is 1. The van der Waals surface area contributed by atoms with E-state index in [0.29, 0.717) is 6.42 Å². The number of ether oxygens (including phenoxy) is 1. The topological polar surface area (TPSA) is 38.3 Å². The molecule has 1 amide bonds. The highest BCUT2D eigenvalue weighted by Gasteiger charge is 2.19. The molecule has 4 heteroatoms. The maximum absolute atomic E-state index is 11.9. The molecule has 2 atom stereocenters. The molecule has 18 heavy (non-hydrogen) atoms. The van der Waals surface area contributed by atoms with Crippen LogP contribution in [0.3, 0.4) is 0 Å². The Bertz CT molecular complexity index is 414. The SMILES string of the molecule is CC(Br)c1ccccc1NC(=O)CC1CCCO1. The zero-order valence-electron chi connectivity index (χ0n) is 10.5. The van der Waals surface area contributed by atoms with Gasteiger partial charge in [-0.2, -0.15) is 0 Å². The molecule has 1 aromatic rings. The van der Waals surface area contributed by atoms with Crippen molar-refractivity contribution in [3.8, 4) is 0 Å². The highest BCUT2D eigenvalue weighted by Crippen LogP contribution is 2.29. The maximum Gasteiger partial charge on any atom is 0.226 e. The van der Waals surface area contributed by atoms with Crippen molar-refractivity contribution >= 4 is 27.5 Å². The molecule has 2 rings (SSSR count). The highest BCUT2D eigenvalue weighted by molar-refractivity contribution is 9.09. The lowest BCUT2D eigenvalue weighted by molar-refractivity contribution is -0.118. The average molecular weight is 312 g/mol. The number of nitrogens with one attached hydrogen (secondary N) is 1. The fourth-order valence-corrected chi connectivity index (χ4v) is 2.57. The van der Waals surface area contributed by atoms with E-state index < -0.39 is 0 Å². The maximum atomic E-state index is 11.9. The van der Waals surface area contributed by atoms with Crippen molar-refractivity contribution < 1.29 is 9.53 Å². The van der Waals surface area contributed by atoms with Crippen molar-refractivity contribution in [3.05, 3.63) is 29.8 Å². The number of anilines is 1. The van der Waals surface area contributed by atoms with Gasteiger partial charge in [-0.1, -0.05) is 34.1 Å². The molecule has 1 aliphatic heterocycles. The summed E-state index contributed by atoms with van der Waals surface area (Å²) in [5, 5.41) is 2.97. The molecule has 1 aromatic carbocycles. The molecule has 1 saturated heterocycles. The summed E-state index contributed by atoms with van der Waals surface area (Å²) in [6.07, 6.45) is 2.60. The van der Waals surface area contributed by atoms with E-state index in [1.54, 1.807) is 0 Å². The number of amides is 1. The summed E-state index contributed by atoms with van der Waals surface area (Å²) < 4.78 is 5.47. The van der Waals surface area contributed by atoms with Gasteiger partial charge in [0.1, 0.15) is 0 Å². The minimum absolute atomic E-state index is 0.0301. The summed E-state index contributed by atoms with van der Waals surface area (Å²) in [7, 11) is 0. The number of halogens is 1. The quantitative estimate of drug-likeness (QED) is 0.862. The van der Waals surface area contributed by atoms with E-state index >= 15 is 0 Å². The van der Waals surface area contributed by atoms with Crippen molar-refractivity contribution in [2.24, 2.45) is 0 Å². The molecule has 3 nitrogen and oxygen atoms in total. The van der Waals surface area contributed by atoms with Gasteiger partial charge in [-0.25, -0.2) is 0 Å². The Morgan fingerprint density at radius 3 is 3.00 bits per heavy atom. The molecule has 0 aromatic heterocycles. The number of hydrogen-bond donors (Lipinski definition) is 1. The van der Waals surface area contributed by atoms with Crippen molar-refractivity contribution in [1.29, 1.82) is 0 Å². The van der Waals surface area contributed by atoms with Crippen LogP contribution in [0.2, 0.25) is 0 Å². The van der Waals surface area contributed by atoms with Crippen molar-refractivity contribution in [2.75, 3.05) is 11.9 Å². The lowest BCUT2D eigenvalue weighted by Crippen LogP contribution is -2.19. The van der Waals surface area contributed by atoms with Gasteiger partial charge in [-0.05, 0) is 31.4 Å². The van der Waals surface area contributed by atoms with Crippen LogP contribution in [0.4, 0.5) is 5.69 Å². The summed E-state index contributed by atoms with van der Waals surface area (Å²) in [6.45, 7) is 2.83. The molecule has 1 fully saturated rings. The first-order valence-corrected chi connectivity index (χ1v) is 7.23.